The molecule has 4 rings (SSSR count). The zero-order valence-electron chi connectivity index (χ0n) is 19.1. The number of para-hydroxylation sites is 1. The lowest BCUT2D eigenvalue weighted by molar-refractivity contribution is 0.0959. The number of likely N-dealkylation sites (N-methyl/N-ethyl adjacent to an activating group) is 1. The normalized spacial score (nSPS) is 11.5. The van der Waals surface area contributed by atoms with Crippen LogP contribution in [0.25, 0.3) is 21.2 Å². The van der Waals surface area contributed by atoms with Crippen LogP contribution in [0.3, 0.4) is 0 Å². The van der Waals surface area contributed by atoms with Crippen molar-refractivity contribution in [2.75, 3.05) is 38.2 Å². The quantitative estimate of drug-likeness (QED) is 0.331. The van der Waals surface area contributed by atoms with Gasteiger partial charge in [-0.3, -0.25) is 9.69 Å². The fourth-order valence-corrected chi connectivity index (χ4v) is 4.85. The Morgan fingerprint density at radius 2 is 1.91 bits per heavy atom. The van der Waals surface area contributed by atoms with Crippen LogP contribution in [0.1, 0.15) is 36.9 Å². The summed E-state index contributed by atoms with van der Waals surface area (Å²) in [5.74, 6) is 0.714. The van der Waals surface area contributed by atoms with Gasteiger partial charge in [0.25, 0.3) is 5.91 Å². The van der Waals surface area contributed by atoms with Gasteiger partial charge < -0.3 is 14.1 Å². The summed E-state index contributed by atoms with van der Waals surface area (Å²) in [5.41, 5.74) is 2.76. The number of carbonyl (C=O) groups excluding carboxylic acids is 1. The van der Waals surface area contributed by atoms with Crippen molar-refractivity contribution >= 4 is 43.6 Å². The Morgan fingerprint density at radius 3 is 2.62 bits per heavy atom. The molecule has 0 fully saturated rings. The summed E-state index contributed by atoms with van der Waals surface area (Å²) < 4.78 is 12.5. The third kappa shape index (κ3) is 4.36. The number of rotatable bonds is 9. The molecule has 7 heteroatoms. The molecule has 168 valence electrons. The van der Waals surface area contributed by atoms with Crippen LogP contribution >= 0.6 is 11.3 Å². The Morgan fingerprint density at radius 1 is 1.09 bits per heavy atom. The summed E-state index contributed by atoms with van der Waals surface area (Å²) >= 11 is 1.55. The molecule has 0 N–H and O–H groups in total. The minimum Gasteiger partial charge on any atom is -0.493 e. The molecule has 0 aliphatic carbocycles. The first-order chi connectivity index (χ1) is 15.6. The lowest BCUT2D eigenvalue weighted by Crippen LogP contribution is -2.38. The fourth-order valence-electron chi connectivity index (χ4n) is 3.79. The van der Waals surface area contributed by atoms with Gasteiger partial charge >= 0.3 is 0 Å². The summed E-state index contributed by atoms with van der Waals surface area (Å²) in [7, 11) is 1.60. The van der Waals surface area contributed by atoms with E-state index in [1.54, 1.807) is 29.4 Å². The van der Waals surface area contributed by atoms with Crippen molar-refractivity contribution in [1.82, 2.24) is 9.88 Å². The van der Waals surface area contributed by atoms with E-state index >= 15 is 0 Å². The summed E-state index contributed by atoms with van der Waals surface area (Å²) in [5, 5.41) is 1.53. The molecule has 0 unspecified atom stereocenters. The van der Waals surface area contributed by atoms with Gasteiger partial charge in [0.1, 0.15) is 0 Å². The highest BCUT2D eigenvalue weighted by Crippen LogP contribution is 2.33. The first-order valence-electron chi connectivity index (χ1n) is 11.1. The number of fused-ring (bicyclic) bond motifs is 2. The molecular weight excluding hydrogens is 422 g/mol. The van der Waals surface area contributed by atoms with E-state index in [0.717, 1.165) is 41.7 Å². The third-order valence-electron chi connectivity index (χ3n) is 5.80. The Labute approximate surface area is 192 Å². The molecule has 2 heterocycles. The molecule has 6 nitrogen and oxygen atoms in total. The van der Waals surface area contributed by atoms with Crippen LogP contribution < -0.4 is 9.64 Å². The predicted octanol–water partition coefficient (Wildman–Crippen LogP) is 5.60. The predicted molar refractivity (Wildman–Crippen MR) is 131 cm³/mol. The highest BCUT2D eigenvalue weighted by Gasteiger charge is 2.25. The largest absolute Gasteiger partial charge is 0.493 e. The van der Waals surface area contributed by atoms with Gasteiger partial charge in [-0.2, -0.15) is 0 Å². The molecule has 1 amide bonds. The first kappa shape index (κ1) is 22.3. The van der Waals surface area contributed by atoms with Gasteiger partial charge in [0.15, 0.2) is 22.2 Å². The van der Waals surface area contributed by atoms with E-state index in [4.69, 9.17) is 14.1 Å². The SMILES string of the molecule is CCc1ccc2nc(N(CCN(CC)CC)C(=O)c3cc4cccc(OC)c4o3)sc2c1. The number of aromatic nitrogens is 1. The van der Waals surface area contributed by atoms with Crippen molar-refractivity contribution in [2.24, 2.45) is 0 Å². The molecule has 4 aromatic rings. The Bertz CT molecular complexity index is 1230. The third-order valence-corrected chi connectivity index (χ3v) is 6.84. The molecule has 2 aromatic carbocycles. The van der Waals surface area contributed by atoms with E-state index in [1.165, 1.54) is 5.56 Å². The molecular formula is C25H29N3O3S. The monoisotopic (exact) mass is 451 g/mol. The second kappa shape index (κ2) is 9.71. The van der Waals surface area contributed by atoms with Crippen molar-refractivity contribution in [1.29, 1.82) is 0 Å². The summed E-state index contributed by atoms with van der Waals surface area (Å²) in [6, 6.07) is 13.7. The fraction of sp³-hybridized carbons (Fsp3) is 0.360. The van der Waals surface area contributed by atoms with Crippen LogP contribution in [0.15, 0.2) is 46.9 Å². The highest BCUT2D eigenvalue weighted by atomic mass is 32.1. The molecule has 0 saturated heterocycles. The van der Waals surface area contributed by atoms with Crippen LogP contribution in [0.2, 0.25) is 0 Å². The van der Waals surface area contributed by atoms with Crippen LogP contribution in [-0.4, -0.2) is 49.1 Å². The van der Waals surface area contributed by atoms with E-state index in [-0.39, 0.29) is 11.7 Å². The number of furan rings is 1. The first-order valence-corrected chi connectivity index (χ1v) is 11.9. The van der Waals surface area contributed by atoms with E-state index in [0.29, 0.717) is 23.0 Å². The van der Waals surface area contributed by atoms with Crippen LogP contribution in [0.4, 0.5) is 5.13 Å². The molecule has 32 heavy (non-hydrogen) atoms. The van der Waals surface area contributed by atoms with E-state index in [2.05, 4.69) is 37.8 Å². The molecule has 2 aromatic heterocycles. The van der Waals surface area contributed by atoms with Crippen molar-refractivity contribution in [3.05, 3.63) is 53.8 Å². The van der Waals surface area contributed by atoms with E-state index in [1.807, 2.05) is 24.3 Å². The molecule has 0 saturated carbocycles. The maximum Gasteiger partial charge on any atom is 0.295 e. The number of hydrogen-bond acceptors (Lipinski definition) is 6. The lowest BCUT2D eigenvalue weighted by atomic mass is 10.2. The zero-order valence-corrected chi connectivity index (χ0v) is 19.9. The van der Waals surface area contributed by atoms with Gasteiger partial charge in [0.2, 0.25) is 0 Å². The van der Waals surface area contributed by atoms with Gasteiger partial charge in [-0.1, -0.05) is 50.3 Å². The van der Waals surface area contributed by atoms with E-state index < -0.39 is 0 Å². The maximum atomic E-state index is 13.6. The zero-order chi connectivity index (χ0) is 22.7. The van der Waals surface area contributed by atoms with Crippen molar-refractivity contribution in [3.8, 4) is 5.75 Å². The maximum absolute atomic E-state index is 13.6. The average molecular weight is 452 g/mol. The standard InChI is InChI=1S/C25H29N3O3S/c1-5-17-11-12-19-22(15-17)32-25(26-19)28(14-13-27(6-2)7-3)24(29)21-16-18-9-8-10-20(30-4)23(18)31-21/h8-12,15-16H,5-7,13-14H2,1-4H3. The number of thiazole rings is 1. The summed E-state index contributed by atoms with van der Waals surface area (Å²) in [6.45, 7) is 9.56. The molecule has 0 aliphatic heterocycles. The second-order valence-corrected chi connectivity index (χ2v) is 8.63. The average Bonchev–Trinajstić information content (AvgIpc) is 3.45. The number of benzene rings is 2. The topological polar surface area (TPSA) is 58.8 Å². The summed E-state index contributed by atoms with van der Waals surface area (Å²) in [6.07, 6.45) is 0.967. The molecule has 0 radical (unpaired) electrons. The Hall–Kier alpha value is -2.90. The Balaban J connectivity index is 1.72. The van der Waals surface area contributed by atoms with E-state index in [9.17, 15) is 4.79 Å². The number of ether oxygens (including phenoxy) is 1. The number of carbonyl (C=O) groups is 1. The molecule has 0 spiro atoms. The van der Waals surface area contributed by atoms with Crippen molar-refractivity contribution in [3.63, 3.8) is 0 Å². The molecule has 0 atom stereocenters. The number of amides is 1. The number of aryl methyl sites for hydroxylation is 1. The number of methoxy groups -OCH3 is 1. The number of anilines is 1. The van der Waals surface area contributed by atoms with Gasteiger partial charge in [-0.15, -0.1) is 0 Å². The molecule has 0 bridgehead atoms. The highest BCUT2D eigenvalue weighted by molar-refractivity contribution is 7.22. The van der Waals surface area contributed by atoms with Gasteiger partial charge in [-0.05, 0) is 49.3 Å². The number of nitrogens with zero attached hydrogens (tertiary/aromatic N) is 3. The van der Waals surface area contributed by atoms with Gasteiger partial charge in [0, 0.05) is 18.5 Å². The summed E-state index contributed by atoms with van der Waals surface area (Å²) in [4.78, 5) is 22.5. The second-order valence-electron chi connectivity index (χ2n) is 7.63. The van der Waals surface area contributed by atoms with Crippen LogP contribution in [0.5, 0.6) is 5.75 Å². The minimum atomic E-state index is -0.190. The Kier molecular flexibility index (Phi) is 6.77. The van der Waals surface area contributed by atoms with Crippen molar-refractivity contribution in [2.45, 2.75) is 27.2 Å². The smallest absolute Gasteiger partial charge is 0.295 e. The van der Waals surface area contributed by atoms with Gasteiger partial charge in [0.05, 0.1) is 17.3 Å². The van der Waals surface area contributed by atoms with Crippen LogP contribution in [0, 0.1) is 0 Å². The minimum absolute atomic E-state index is 0.190. The van der Waals surface area contributed by atoms with Crippen molar-refractivity contribution < 1.29 is 13.9 Å². The lowest BCUT2D eigenvalue weighted by Gasteiger charge is -2.24. The van der Waals surface area contributed by atoms with Gasteiger partial charge in [-0.25, -0.2) is 4.98 Å². The van der Waals surface area contributed by atoms with Crippen LogP contribution in [-0.2, 0) is 6.42 Å². The molecule has 0 aliphatic rings. The number of hydrogen-bond donors (Lipinski definition) is 0.